The van der Waals surface area contributed by atoms with Gasteiger partial charge < -0.3 is 14.6 Å². The van der Waals surface area contributed by atoms with E-state index < -0.39 is 11.8 Å². The van der Waals surface area contributed by atoms with E-state index in [2.05, 4.69) is 19.1 Å². The fourth-order valence-electron chi connectivity index (χ4n) is 3.21. The van der Waals surface area contributed by atoms with Crippen LogP contribution < -0.4 is 0 Å². The van der Waals surface area contributed by atoms with Gasteiger partial charge in [-0.25, -0.2) is 0 Å². The normalized spacial score (nSPS) is 30.5. The quantitative estimate of drug-likeness (QED) is 0.766. The molecule has 2 atom stereocenters. The van der Waals surface area contributed by atoms with Crippen LogP contribution in [0.3, 0.4) is 0 Å². The molecular formula is C14H22O4. The van der Waals surface area contributed by atoms with Crippen molar-refractivity contribution in [3.05, 3.63) is 12.2 Å². The SMILES string of the molecule is CC/C=C\CC1C(CC(=O)O)CCC12OCCO2. The molecule has 0 aromatic heterocycles. The van der Waals surface area contributed by atoms with Gasteiger partial charge in [-0.1, -0.05) is 19.1 Å². The Hall–Kier alpha value is -0.870. The average Bonchev–Trinajstić information content (AvgIpc) is 2.91. The third-order valence-corrected chi connectivity index (χ3v) is 4.00. The molecule has 4 heteroatoms. The van der Waals surface area contributed by atoms with Crippen LogP contribution in [0.4, 0.5) is 0 Å². The average molecular weight is 254 g/mol. The fourth-order valence-corrected chi connectivity index (χ4v) is 3.21. The Morgan fingerprint density at radius 2 is 2.11 bits per heavy atom. The first-order chi connectivity index (χ1) is 8.68. The summed E-state index contributed by atoms with van der Waals surface area (Å²) in [5.74, 6) is -0.876. The highest BCUT2D eigenvalue weighted by atomic mass is 16.7. The van der Waals surface area contributed by atoms with Crippen LogP contribution in [0.5, 0.6) is 0 Å². The number of carbonyl (C=O) groups is 1. The van der Waals surface area contributed by atoms with E-state index in [1.54, 1.807) is 0 Å². The number of ether oxygens (including phenoxy) is 2. The van der Waals surface area contributed by atoms with E-state index in [1.807, 2.05) is 0 Å². The standard InChI is InChI=1S/C14H22O4/c1-2-3-4-5-12-11(10-13(15)16)6-7-14(12)17-8-9-18-14/h3-4,11-12H,2,5-10H2,1H3,(H,15,16)/b4-3-. The first kappa shape index (κ1) is 13.6. The number of hydrogen-bond acceptors (Lipinski definition) is 3. The Bertz CT molecular complexity index is 318. The molecule has 1 aliphatic carbocycles. The molecule has 2 aliphatic rings. The molecule has 4 nitrogen and oxygen atoms in total. The Kier molecular flexibility index (Phi) is 4.40. The smallest absolute Gasteiger partial charge is 0.303 e. The van der Waals surface area contributed by atoms with Crippen molar-refractivity contribution in [3.8, 4) is 0 Å². The molecule has 0 radical (unpaired) electrons. The number of carboxylic acid groups (broad SMARTS) is 1. The molecule has 0 amide bonds. The van der Waals surface area contributed by atoms with Crippen LogP contribution in [0.15, 0.2) is 12.2 Å². The first-order valence-corrected chi connectivity index (χ1v) is 6.82. The monoisotopic (exact) mass is 254 g/mol. The van der Waals surface area contributed by atoms with Gasteiger partial charge in [0.05, 0.1) is 13.2 Å². The van der Waals surface area contributed by atoms with Crippen molar-refractivity contribution in [3.63, 3.8) is 0 Å². The van der Waals surface area contributed by atoms with Gasteiger partial charge in [0.25, 0.3) is 0 Å². The second kappa shape index (κ2) is 5.85. The van der Waals surface area contributed by atoms with Crippen LogP contribution in [-0.2, 0) is 14.3 Å². The number of carboxylic acids is 1. The molecule has 1 saturated heterocycles. The molecular weight excluding hydrogens is 232 g/mol. The van der Waals surface area contributed by atoms with Gasteiger partial charge >= 0.3 is 5.97 Å². The third kappa shape index (κ3) is 2.75. The van der Waals surface area contributed by atoms with Crippen LogP contribution in [-0.4, -0.2) is 30.1 Å². The summed E-state index contributed by atoms with van der Waals surface area (Å²) in [6.07, 6.45) is 8.05. The third-order valence-electron chi connectivity index (χ3n) is 4.00. The Balaban J connectivity index is 2.07. The van der Waals surface area contributed by atoms with Crippen molar-refractivity contribution in [1.29, 1.82) is 0 Å². The minimum atomic E-state index is -0.723. The van der Waals surface area contributed by atoms with Crippen LogP contribution in [0.1, 0.15) is 39.0 Å². The Morgan fingerprint density at radius 1 is 1.39 bits per heavy atom. The van der Waals surface area contributed by atoms with Crippen molar-refractivity contribution in [2.45, 2.75) is 44.8 Å². The topological polar surface area (TPSA) is 55.8 Å². The van der Waals surface area contributed by atoms with E-state index in [0.29, 0.717) is 13.2 Å². The zero-order valence-electron chi connectivity index (χ0n) is 10.9. The lowest BCUT2D eigenvalue weighted by atomic mass is 9.87. The summed E-state index contributed by atoms with van der Waals surface area (Å²) in [7, 11) is 0. The van der Waals surface area contributed by atoms with Gasteiger partial charge in [-0.05, 0) is 25.2 Å². The first-order valence-electron chi connectivity index (χ1n) is 6.82. The molecule has 2 rings (SSSR count). The zero-order chi connectivity index (χ0) is 13.0. The maximum absolute atomic E-state index is 10.9. The zero-order valence-corrected chi connectivity index (χ0v) is 10.9. The maximum atomic E-state index is 10.9. The van der Waals surface area contributed by atoms with E-state index >= 15 is 0 Å². The number of hydrogen-bond donors (Lipinski definition) is 1. The van der Waals surface area contributed by atoms with E-state index in [9.17, 15) is 4.79 Å². The van der Waals surface area contributed by atoms with Crippen molar-refractivity contribution in [2.75, 3.05) is 13.2 Å². The van der Waals surface area contributed by atoms with Crippen LogP contribution >= 0.6 is 0 Å². The number of aliphatic carboxylic acids is 1. The van der Waals surface area contributed by atoms with Gasteiger partial charge in [0.1, 0.15) is 0 Å². The van der Waals surface area contributed by atoms with Crippen molar-refractivity contribution < 1.29 is 19.4 Å². The molecule has 0 bridgehead atoms. The predicted molar refractivity (Wildman–Crippen MR) is 67.1 cm³/mol. The predicted octanol–water partition coefficient (Wildman–Crippen LogP) is 2.59. The lowest BCUT2D eigenvalue weighted by molar-refractivity contribution is -0.186. The van der Waals surface area contributed by atoms with Gasteiger partial charge in [0.15, 0.2) is 5.79 Å². The Morgan fingerprint density at radius 3 is 2.72 bits per heavy atom. The van der Waals surface area contributed by atoms with E-state index in [-0.39, 0.29) is 18.3 Å². The summed E-state index contributed by atoms with van der Waals surface area (Å²) < 4.78 is 11.6. The molecule has 2 fully saturated rings. The minimum absolute atomic E-state index is 0.169. The molecule has 0 aromatic carbocycles. The van der Waals surface area contributed by atoms with Crippen LogP contribution in [0.2, 0.25) is 0 Å². The summed E-state index contributed by atoms with van der Waals surface area (Å²) in [5.41, 5.74) is 0. The van der Waals surface area contributed by atoms with E-state index in [4.69, 9.17) is 14.6 Å². The summed E-state index contributed by atoms with van der Waals surface area (Å²) in [6, 6.07) is 0. The highest BCUT2D eigenvalue weighted by molar-refractivity contribution is 5.67. The second-order valence-electron chi connectivity index (χ2n) is 5.13. The van der Waals surface area contributed by atoms with Crippen molar-refractivity contribution in [1.82, 2.24) is 0 Å². The molecule has 1 aliphatic heterocycles. The van der Waals surface area contributed by atoms with Crippen LogP contribution in [0.25, 0.3) is 0 Å². The highest BCUT2D eigenvalue weighted by Gasteiger charge is 2.52. The minimum Gasteiger partial charge on any atom is -0.481 e. The van der Waals surface area contributed by atoms with E-state index in [0.717, 1.165) is 25.7 Å². The lowest BCUT2D eigenvalue weighted by Gasteiger charge is -2.31. The van der Waals surface area contributed by atoms with Gasteiger partial charge in [0, 0.05) is 18.8 Å². The summed E-state index contributed by atoms with van der Waals surface area (Å²) >= 11 is 0. The van der Waals surface area contributed by atoms with Gasteiger partial charge in [0.2, 0.25) is 0 Å². The van der Waals surface area contributed by atoms with Crippen molar-refractivity contribution in [2.24, 2.45) is 11.8 Å². The molecule has 1 spiro atoms. The molecule has 102 valence electrons. The van der Waals surface area contributed by atoms with E-state index in [1.165, 1.54) is 0 Å². The van der Waals surface area contributed by atoms with Crippen molar-refractivity contribution >= 4 is 5.97 Å². The fraction of sp³-hybridized carbons (Fsp3) is 0.786. The summed E-state index contributed by atoms with van der Waals surface area (Å²) in [4.78, 5) is 10.9. The van der Waals surface area contributed by atoms with Gasteiger partial charge in [-0.2, -0.15) is 0 Å². The molecule has 1 heterocycles. The molecule has 1 saturated carbocycles. The van der Waals surface area contributed by atoms with Gasteiger partial charge in [-0.15, -0.1) is 0 Å². The largest absolute Gasteiger partial charge is 0.481 e. The molecule has 18 heavy (non-hydrogen) atoms. The lowest BCUT2D eigenvalue weighted by Crippen LogP contribution is -2.36. The maximum Gasteiger partial charge on any atom is 0.303 e. The highest BCUT2D eigenvalue weighted by Crippen LogP contribution is 2.48. The second-order valence-corrected chi connectivity index (χ2v) is 5.13. The number of rotatable bonds is 5. The molecule has 2 unspecified atom stereocenters. The summed E-state index contributed by atoms with van der Waals surface area (Å²) in [5, 5.41) is 8.99. The number of allylic oxidation sites excluding steroid dienone is 2. The van der Waals surface area contributed by atoms with Crippen LogP contribution in [0, 0.1) is 11.8 Å². The van der Waals surface area contributed by atoms with Gasteiger partial charge in [-0.3, -0.25) is 4.79 Å². The molecule has 0 aromatic rings. The molecule has 1 N–H and O–H groups in total. The Labute approximate surface area is 108 Å². The summed E-state index contributed by atoms with van der Waals surface area (Å²) in [6.45, 7) is 3.36.